The Kier molecular flexibility index (Phi) is 3.76. The zero-order valence-electron chi connectivity index (χ0n) is 8.70. The number of carbonyl (C=O) groups excluding carboxylic acids is 1. The first-order chi connectivity index (χ1) is 7.66. The maximum Gasteiger partial charge on any atom is 0.252 e. The first-order valence-corrected chi connectivity index (χ1v) is 7.05. The van der Waals surface area contributed by atoms with Crippen LogP contribution in [-0.4, -0.2) is 23.5 Å². The molecule has 1 heterocycles. The summed E-state index contributed by atoms with van der Waals surface area (Å²) in [6, 6.07) is 5.56. The van der Waals surface area contributed by atoms with Gasteiger partial charge in [-0.05, 0) is 46.3 Å². The van der Waals surface area contributed by atoms with E-state index >= 15 is 0 Å². The molecule has 16 heavy (non-hydrogen) atoms. The molecular formula is C11H13BrN2OS. The number of rotatable bonds is 2. The van der Waals surface area contributed by atoms with Gasteiger partial charge in [0.05, 0.1) is 5.56 Å². The predicted molar refractivity (Wildman–Crippen MR) is 71.8 cm³/mol. The molecular weight excluding hydrogens is 288 g/mol. The molecule has 1 fully saturated rings. The molecule has 0 bridgehead atoms. The molecule has 1 aromatic rings. The Labute approximate surface area is 107 Å². The molecule has 0 aromatic heterocycles. The molecule has 1 aliphatic rings. The number of nitrogens with one attached hydrogen (secondary N) is 1. The van der Waals surface area contributed by atoms with Gasteiger partial charge >= 0.3 is 0 Å². The first kappa shape index (κ1) is 11.8. The van der Waals surface area contributed by atoms with Crippen LogP contribution >= 0.6 is 27.7 Å². The molecule has 3 N–H and O–H groups in total. The summed E-state index contributed by atoms with van der Waals surface area (Å²) in [5, 5.41) is 3.02. The van der Waals surface area contributed by atoms with Crippen LogP contribution < -0.4 is 11.1 Å². The number of anilines is 1. The van der Waals surface area contributed by atoms with E-state index in [2.05, 4.69) is 21.2 Å². The van der Waals surface area contributed by atoms with Crippen molar-refractivity contribution >= 4 is 39.3 Å². The van der Waals surface area contributed by atoms with Crippen LogP contribution in [0, 0.1) is 0 Å². The van der Waals surface area contributed by atoms with Gasteiger partial charge in [0.15, 0.2) is 0 Å². The van der Waals surface area contributed by atoms with Crippen LogP contribution in [0.5, 0.6) is 0 Å². The summed E-state index contributed by atoms with van der Waals surface area (Å²) in [6.07, 6.45) is 1.05. The number of amides is 1. The van der Waals surface area contributed by atoms with E-state index < -0.39 is 0 Å². The molecule has 0 radical (unpaired) electrons. The Bertz CT molecular complexity index is 405. The number of halogens is 1. The minimum Gasteiger partial charge on any atom is -0.399 e. The van der Waals surface area contributed by atoms with Crippen molar-refractivity contribution < 1.29 is 4.79 Å². The molecule has 1 saturated heterocycles. The van der Waals surface area contributed by atoms with Crippen molar-refractivity contribution in [1.82, 2.24) is 5.32 Å². The Morgan fingerprint density at radius 3 is 3.06 bits per heavy atom. The number of nitrogen functional groups attached to an aromatic ring is 1. The highest BCUT2D eigenvalue weighted by Gasteiger charge is 2.19. The van der Waals surface area contributed by atoms with Crippen molar-refractivity contribution in [2.45, 2.75) is 12.5 Å². The normalized spacial score (nSPS) is 19.7. The van der Waals surface area contributed by atoms with E-state index in [1.807, 2.05) is 11.8 Å². The molecule has 5 heteroatoms. The van der Waals surface area contributed by atoms with Crippen LogP contribution in [0.1, 0.15) is 16.8 Å². The van der Waals surface area contributed by atoms with Gasteiger partial charge < -0.3 is 11.1 Å². The average molecular weight is 301 g/mol. The van der Waals surface area contributed by atoms with Gasteiger partial charge in [-0.25, -0.2) is 0 Å². The molecule has 86 valence electrons. The van der Waals surface area contributed by atoms with Gasteiger partial charge in [-0.2, -0.15) is 11.8 Å². The number of thioether (sulfide) groups is 1. The zero-order chi connectivity index (χ0) is 11.5. The number of nitrogens with two attached hydrogens (primary N) is 1. The molecule has 1 aliphatic heterocycles. The number of benzene rings is 1. The molecule has 1 unspecified atom stereocenters. The van der Waals surface area contributed by atoms with Crippen molar-refractivity contribution in [1.29, 1.82) is 0 Å². The Hall–Kier alpha value is -0.680. The topological polar surface area (TPSA) is 55.1 Å². The van der Waals surface area contributed by atoms with E-state index in [4.69, 9.17) is 5.73 Å². The van der Waals surface area contributed by atoms with E-state index in [-0.39, 0.29) is 5.91 Å². The lowest BCUT2D eigenvalue weighted by atomic mass is 10.1. The third-order valence-corrected chi connectivity index (χ3v) is 4.35. The number of hydrogen-bond acceptors (Lipinski definition) is 3. The van der Waals surface area contributed by atoms with Gasteiger partial charge in [0.25, 0.3) is 5.91 Å². The fourth-order valence-corrected chi connectivity index (χ4v) is 3.21. The largest absolute Gasteiger partial charge is 0.399 e. The Balaban J connectivity index is 2.10. The van der Waals surface area contributed by atoms with Gasteiger partial charge in [0.2, 0.25) is 0 Å². The molecule has 1 aromatic carbocycles. The summed E-state index contributed by atoms with van der Waals surface area (Å²) < 4.78 is 0.782. The summed E-state index contributed by atoms with van der Waals surface area (Å²) >= 11 is 5.23. The van der Waals surface area contributed by atoms with Crippen molar-refractivity contribution in [2.24, 2.45) is 0 Å². The molecule has 3 nitrogen and oxygen atoms in total. The average Bonchev–Trinajstić information content (AvgIpc) is 2.74. The highest BCUT2D eigenvalue weighted by Crippen LogP contribution is 2.21. The maximum atomic E-state index is 12.0. The van der Waals surface area contributed by atoms with Gasteiger partial charge in [0.1, 0.15) is 0 Å². The molecule has 0 aliphatic carbocycles. The zero-order valence-corrected chi connectivity index (χ0v) is 11.1. The molecule has 1 atom stereocenters. The van der Waals surface area contributed by atoms with Crippen molar-refractivity contribution in [2.75, 3.05) is 17.2 Å². The lowest BCUT2D eigenvalue weighted by Crippen LogP contribution is -2.34. The van der Waals surface area contributed by atoms with Gasteiger partial charge in [-0.15, -0.1) is 0 Å². The molecule has 0 spiro atoms. The molecule has 0 saturated carbocycles. The summed E-state index contributed by atoms with van der Waals surface area (Å²) in [4.78, 5) is 12.0. The van der Waals surface area contributed by atoms with Gasteiger partial charge in [-0.3, -0.25) is 4.79 Å². The third kappa shape index (κ3) is 2.71. The maximum absolute atomic E-state index is 12.0. The van der Waals surface area contributed by atoms with Gasteiger partial charge in [-0.1, -0.05) is 0 Å². The second-order valence-corrected chi connectivity index (χ2v) is 5.78. The van der Waals surface area contributed by atoms with Crippen LogP contribution in [0.4, 0.5) is 5.69 Å². The smallest absolute Gasteiger partial charge is 0.252 e. The van der Waals surface area contributed by atoms with Crippen molar-refractivity contribution in [3.8, 4) is 0 Å². The van der Waals surface area contributed by atoms with Crippen molar-refractivity contribution in [3.05, 3.63) is 28.2 Å². The first-order valence-electron chi connectivity index (χ1n) is 5.10. The Morgan fingerprint density at radius 1 is 1.56 bits per heavy atom. The van der Waals surface area contributed by atoms with Gasteiger partial charge in [0, 0.05) is 22.0 Å². The SMILES string of the molecule is Nc1ccc(Br)c(C(=O)NC2CCSC2)c1. The summed E-state index contributed by atoms with van der Waals surface area (Å²) in [7, 11) is 0. The monoisotopic (exact) mass is 300 g/mol. The molecule has 2 rings (SSSR count). The lowest BCUT2D eigenvalue weighted by Gasteiger charge is -2.12. The second kappa shape index (κ2) is 5.10. The minimum atomic E-state index is -0.0494. The highest BCUT2D eigenvalue weighted by atomic mass is 79.9. The number of carbonyl (C=O) groups is 1. The van der Waals surface area contributed by atoms with E-state index in [9.17, 15) is 4.79 Å². The predicted octanol–water partition coefficient (Wildman–Crippen LogP) is 2.27. The summed E-state index contributed by atoms with van der Waals surface area (Å²) in [5.41, 5.74) is 6.88. The van der Waals surface area contributed by atoms with Crippen LogP contribution in [0.15, 0.2) is 22.7 Å². The summed E-state index contributed by atoms with van der Waals surface area (Å²) in [5.74, 6) is 2.08. The van der Waals surface area contributed by atoms with Crippen LogP contribution in [0.25, 0.3) is 0 Å². The van der Waals surface area contributed by atoms with E-state index in [0.29, 0.717) is 17.3 Å². The molecule has 1 amide bonds. The third-order valence-electron chi connectivity index (χ3n) is 2.50. The van der Waals surface area contributed by atoms with E-state index in [1.165, 1.54) is 0 Å². The quantitative estimate of drug-likeness (QED) is 0.824. The standard InChI is InChI=1S/C11H13BrN2OS/c12-10-2-1-7(13)5-9(10)11(15)14-8-3-4-16-6-8/h1-2,5,8H,3-4,6,13H2,(H,14,15). The van der Waals surface area contributed by atoms with E-state index in [0.717, 1.165) is 22.4 Å². The van der Waals surface area contributed by atoms with Crippen LogP contribution in [-0.2, 0) is 0 Å². The fraction of sp³-hybridized carbons (Fsp3) is 0.364. The fourth-order valence-electron chi connectivity index (χ4n) is 1.63. The number of hydrogen-bond donors (Lipinski definition) is 2. The van der Waals surface area contributed by atoms with Crippen LogP contribution in [0.2, 0.25) is 0 Å². The van der Waals surface area contributed by atoms with E-state index in [1.54, 1.807) is 18.2 Å². The van der Waals surface area contributed by atoms with Crippen LogP contribution in [0.3, 0.4) is 0 Å². The Morgan fingerprint density at radius 2 is 2.38 bits per heavy atom. The van der Waals surface area contributed by atoms with Crippen molar-refractivity contribution in [3.63, 3.8) is 0 Å². The minimum absolute atomic E-state index is 0.0494. The second-order valence-electron chi connectivity index (χ2n) is 3.77. The highest BCUT2D eigenvalue weighted by molar-refractivity contribution is 9.10. The summed E-state index contributed by atoms with van der Waals surface area (Å²) in [6.45, 7) is 0. The lowest BCUT2D eigenvalue weighted by molar-refractivity contribution is 0.0940.